The lowest BCUT2D eigenvalue weighted by Crippen LogP contribution is -2.35. The van der Waals surface area contributed by atoms with Gasteiger partial charge in [-0.05, 0) is 37.4 Å². The number of anilines is 1. The van der Waals surface area contributed by atoms with Crippen LogP contribution in [0.4, 0.5) is 19.0 Å². The molecule has 3 aliphatic rings. The summed E-state index contributed by atoms with van der Waals surface area (Å²) in [5.74, 6) is 2.96. The summed E-state index contributed by atoms with van der Waals surface area (Å²) in [5, 5.41) is 8.63. The molecule has 0 saturated carbocycles. The molecule has 0 aliphatic carbocycles. The quantitative estimate of drug-likeness (QED) is 0.821. The number of hydrogen-bond acceptors (Lipinski definition) is 5. The van der Waals surface area contributed by atoms with E-state index in [9.17, 15) is 13.2 Å². The van der Waals surface area contributed by atoms with Crippen molar-refractivity contribution in [3.63, 3.8) is 0 Å². The van der Waals surface area contributed by atoms with Crippen LogP contribution in [0.2, 0.25) is 0 Å². The Bertz CT molecular complexity index is 848. The topological polar surface area (TPSA) is 50.1 Å². The summed E-state index contributed by atoms with van der Waals surface area (Å²) >= 11 is 0. The third-order valence-corrected chi connectivity index (χ3v) is 6.09. The summed E-state index contributed by atoms with van der Waals surface area (Å²) in [7, 11) is 0. The van der Waals surface area contributed by atoms with Gasteiger partial charge in [0.2, 0.25) is 0 Å². The first-order chi connectivity index (χ1) is 13.0. The molecular weight excluding hydrogens is 357 g/mol. The molecule has 2 atom stereocenters. The van der Waals surface area contributed by atoms with Crippen molar-refractivity contribution in [3.05, 3.63) is 35.5 Å². The van der Waals surface area contributed by atoms with Crippen molar-refractivity contribution in [1.29, 1.82) is 0 Å². The van der Waals surface area contributed by atoms with E-state index >= 15 is 0 Å². The van der Waals surface area contributed by atoms with Crippen molar-refractivity contribution in [2.75, 3.05) is 24.5 Å². The number of halogens is 3. The molecule has 3 aliphatic heterocycles. The molecule has 0 radical (unpaired) electrons. The Hall–Kier alpha value is -2.16. The van der Waals surface area contributed by atoms with Gasteiger partial charge in [-0.3, -0.25) is 4.90 Å². The lowest BCUT2D eigenvalue weighted by molar-refractivity contribution is -0.137. The monoisotopic (exact) mass is 378 g/mol. The van der Waals surface area contributed by atoms with E-state index in [4.69, 9.17) is 0 Å². The van der Waals surface area contributed by atoms with Gasteiger partial charge in [0.25, 0.3) is 0 Å². The minimum Gasteiger partial charge on any atom is -0.355 e. The fraction of sp³-hybridized carbons (Fsp3) is 0.611. The summed E-state index contributed by atoms with van der Waals surface area (Å²) in [6.45, 7) is 4.21. The molecule has 5 heterocycles. The molecule has 2 aromatic heterocycles. The maximum atomic E-state index is 13.0. The minimum atomic E-state index is -4.34. The molecule has 0 aromatic carbocycles. The van der Waals surface area contributed by atoms with E-state index in [1.165, 1.54) is 6.20 Å². The molecule has 2 saturated heterocycles. The van der Waals surface area contributed by atoms with E-state index in [1.54, 1.807) is 0 Å². The van der Waals surface area contributed by atoms with Crippen molar-refractivity contribution in [2.45, 2.75) is 44.6 Å². The van der Waals surface area contributed by atoms with Gasteiger partial charge in [0.15, 0.2) is 0 Å². The molecule has 0 amide bonds. The largest absolute Gasteiger partial charge is 0.416 e. The van der Waals surface area contributed by atoms with Gasteiger partial charge in [-0.1, -0.05) is 0 Å². The minimum absolute atomic E-state index is 0.329. The van der Waals surface area contributed by atoms with Gasteiger partial charge >= 0.3 is 6.18 Å². The second-order valence-electron chi connectivity index (χ2n) is 7.68. The molecule has 2 fully saturated rings. The molecule has 6 nitrogen and oxygen atoms in total. The maximum absolute atomic E-state index is 13.0. The van der Waals surface area contributed by atoms with Crippen LogP contribution in [0.5, 0.6) is 0 Å². The first kappa shape index (κ1) is 17.0. The third-order valence-electron chi connectivity index (χ3n) is 6.09. The number of aromatic nitrogens is 4. The summed E-state index contributed by atoms with van der Waals surface area (Å²) in [6.07, 6.45) is 0.0883. The SMILES string of the molecule is FC(F)(F)c1ccnc(N2CC3CCN(Cc4nnc5n4CCC5)C3C2)c1. The van der Waals surface area contributed by atoms with Crippen LogP contribution in [-0.4, -0.2) is 50.3 Å². The Labute approximate surface area is 155 Å². The van der Waals surface area contributed by atoms with Gasteiger partial charge in [-0.2, -0.15) is 13.2 Å². The van der Waals surface area contributed by atoms with Gasteiger partial charge in [-0.25, -0.2) is 4.98 Å². The van der Waals surface area contributed by atoms with Crippen molar-refractivity contribution < 1.29 is 13.2 Å². The normalized spacial score (nSPS) is 25.2. The third kappa shape index (κ3) is 2.97. The first-order valence-electron chi connectivity index (χ1n) is 9.42. The van der Waals surface area contributed by atoms with E-state index in [-0.39, 0.29) is 0 Å². The Morgan fingerprint density at radius 1 is 1.15 bits per heavy atom. The number of hydrogen-bond donors (Lipinski definition) is 0. The van der Waals surface area contributed by atoms with Crippen molar-refractivity contribution in [2.24, 2.45) is 5.92 Å². The van der Waals surface area contributed by atoms with Crippen LogP contribution in [0, 0.1) is 5.92 Å². The maximum Gasteiger partial charge on any atom is 0.416 e. The Morgan fingerprint density at radius 3 is 2.89 bits per heavy atom. The highest BCUT2D eigenvalue weighted by Gasteiger charge is 2.42. The Balaban J connectivity index is 1.31. The summed E-state index contributed by atoms with van der Waals surface area (Å²) in [4.78, 5) is 8.59. The standard InChI is InChI=1S/C18H21F3N6/c19-18(20,21)13-3-5-22-16(8-13)26-9-12-4-7-25(14(12)10-26)11-17-24-23-15-2-1-6-27(15)17/h3,5,8,12,14H,1-2,4,6-7,9-11H2. The molecule has 2 aromatic rings. The summed E-state index contributed by atoms with van der Waals surface area (Å²) < 4.78 is 41.2. The van der Waals surface area contributed by atoms with E-state index < -0.39 is 11.7 Å². The van der Waals surface area contributed by atoms with E-state index in [0.717, 1.165) is 69.2 Å². The van der Waals surface area contributed by atoms with Crippen LogP contribution in [0.25, 0.3) is 0 Å². The summed E-state index contributed by atoms with van der Waals surface area (Å²) in [6, 6.07) is 2.52. The lowest BCUT2D eigenvalue weighted by atomic mass is 10.1. The molecule has 5 rings (SSSR count). The number of alkyl halides is 3. The zero-order valence-electron chi connectivity index (χ0n) is 14.9. The second-order valence-corrected chi connectivity index (χ2v) is 7.68. The highest BCUT2D eigenvalue weighted by atomic mass is 19.4. The molecule has 27 heavy (non-hydrogen) atoms. The predicted molar refractivity (Wildman–Crippen MR) is 92.1 cm³/mol. The summed E-state index contributed by atoms with van der Waals surface area (Å²) in [5.41, 5.74) is -0.638. The van der Waals surface area contributed by atoms with E-state index in [2.05, 4.69) is 24.6 Å². The number of pyridine rings is 1. The number of nitrogens with zero attached hydrogens (tertiary/aromatic N) is 6. The Kier molecular flexibility index (Phi) is 3.89. The van der Waals surface area contributed by atoms with E-state index in [0.29, 0.717) is 24.3 Å². The predicted octanol–water partition coefficient (Wildman–Crippen LogP) is 2.35. The van der Waals surface area contributed by atoms with Gasteiger partial charge in [0.05, 0.1) is 12.1 Å². The fourth-order valence-corrected chi connectivity index (χ4v) is 4.71. The van der Waals surface area contributed by atoms with Crippen LogP contribution in [0.1, 0.15) is 30.1 Å². The molecule has 0 bridgehead atoms. The molecule has 2 unspecified atom stereocenters. The first-order valence-corrected chi connectivity index (χ1v) is 9.42. The lowest BCUT2D eigenvalue weighted by Gasteiger charge is -2.25. The van der Waals surface area contributed by atoms with Gasteiger partial charge < -0.3 is 9.47 Å². The highest BCUT2D eigenvalue weighted by molar-refractivity contribution is 5.44. The van der Waals surface area contributed by atoms with Crippen LogP contribution in [-0.2, 0) is 25.7 Å². The van der Waals surface area contributed by atoms with Crippen molar-refractivity contribution in [1.82, 2.24) is 24.6 Å². The molecule has 0 N–H and O–H groups in total. The van der Waals surface area contributed by atoms with Gasteiger partial charge in [0, 0.05) is 38.3 Å². The zero-order chi connectivity index (χ0) is 18.6. The van der Waals surface area contributed by atoms with Gasteiger partial charge in [-0.15, -0.1) is 10.2 Å². The molecular formula is C18H21F3N6. The highest BCUT2D eigenvalue weighted by Crippen LogP contribution is 2.36. The van der Waals surface area contributed by atoms with Crippen LogP contribution in [0.3, 0.4) is 0 Å². The fourth-order valence-electron chi connectivity index (χ4n) is 4.71. The van der Waals surface area contributed by atoms with Gasteiger partial charge in [0.1, 0.15) is 17.5 Å². The van der Waals surface area contributed by atoms with Crippen LogP contribution in [0.15, 0.2) is 18.3 Å². The second kappa shape index (κ2) is 6.19. The molecule has 144 valence electrons. The van der Waals surface area contributed by atoms with Crippen LogP contribution < -0.4 is 4.90 Å². The van der Waals surface area contributed by atoms with Crippen LogP contribution >= 0.6 is 0 Å². The average Bonchev–Trinajstić information content (AvgIpc) is 3.38. The molecule has 9 heteroatoms. The smallest absolute Gasteiger partial charge is 0.355 e. The van der Waals surface area contributed by atoms with Crippen molar-refractivity contribution >= 4 is 5.82 Å². The Morgan fingerprint density at radius 2 is 2.04 bits per heavy atom. The molecule has 0 spiro atoms. The number of rotatable bonds is 3. The average molecular weight is 378 g/mol. The zero-order valence-corrected chi connectivity index (χ0v) is 14.9. The van der Waals surface area contributed by atoms with Crippen molar-refractivity contribution in [3.8, 4) is 0 Å². The van der Waals surface area contributed by atoms with E-state index in [1.807, 2.05) is 4.90 Å². The number of likely N-dealkylation sites (tertiary alicyclic amines) is 1. The number of fused-ring (bicyclic) bond motifs is 2. The number of aryl methyl sites for hydroxylation is 1.